The third-order valence-corrected chi connectivity index (χ3v) is 1.52. The highest BCUT2D eigenvalue weighted by atomic mass is 14.9. The maximum absolute atomic E-state index is 8.45. The fourth-order valence-corrected chi connectivity index (χ4v) is 0.709. The maximum atomic E-state index is 8.45. The van der Waals surface area contributed by atoms with Crippen molar-refractivity contribution in [3.05, 3.63) is 0 Å². The summed E-state index contributed by atoms with van der Waals surface area (Å²) in [4.78, 5) is 0. The molecular formula is C9H18N2. The van der Waals surface area contributed by atoms with Gasteiger partial charge in [0.25, 0.3) is 0 Å². The molecule has 0 heterocycles. The summed E-state index contributed by atoms with van der Waals surface area (Å²) in [6.07, 6.45) is 1.11. The van der Waals surface area contributed by atoms with Gasteiger partial charge in [-0.1, -0.05) is 20.8 Å². The van der Waals surface area contributed by atoms with Crippen LogP contribution in [0.4, 0.5) is 0 Å². The van der Waals surface area contributed by atoms with Gasteiger partial charge in [-0.3, -0.25) is 0 Å². The van der Waals surface area contributed by atoms with E-state index in [-0.39, 0.29) is 6.04 Å². The Morgan fingerprint density at radius 1 is 1.45 bits per heavy atom. The number of hydrogen-bond acceptors (Lipinski definition) is 2. The molecule has 0 aliphatic heterocycles. The van der Waals surface area contributed by atoms with E-state index in [2.05, 4.69) is 32.2 Å². The van der Waals surface area contributed by atoms with Crippen molar-refractivity contribution >= 4 is 0 Å². The first-order valence-corrected chi connectivity index (χ1v) is 4.09. The number of hydrogen-bond donors (Lipinski definition) is 1. The second kappa shape index (κ2) is 4.35. The third kappa shape index (κ3) is 7.35. The maximum Gasteiger partial charge on any atom is 0.0924 e. The smallest absolute Gasteiger partial charge is 0.0924 e. The molecule has 0 rings (SSSR count). The second-order valence-corrected chi connectivity index (χ2v) is 4.12. The van der Waals surface area contributed by atoms with Gasteiger partial charge in [-0.05, 0) is 25.3 Å². The summed E-state index contributed by atoms with van der Waals surface area (Å²) in [6, 6.07) is 2.12. The van der Waals surface area contributed by atoms with Gasteiger partial charge in [0.1, 0.15) is 0 Å². The van der Waals surface area contributed by atoms with E-state index >= 15 is 0 Å². The van der Waals surface area contributed by atoms with Crippen molar-refractivity contribution in [2.75, 3.05) is 6.54 Å². The largest absolute Gasteiger partial charge is 0.302 e. The Hall–Kier alpha value is -0.550. The van der Waals surface area contributed by atoms with Crippen LogP contribution in [-0.4, -0.2) is 12.6 Å². The van der Waals surface area contributed by atoms with Gasteiger partial charge in [-0.15, -0.1) is 0 Å². The molecule has 0 fully saturated rings. The van der Waals surface area contributed by atoms with Crippen LogP contribution < -0.4 is 5.32 Å². The van der Waals surface area contributed by atoms with Crippen LogP contribution in [0.25, 0.3) is 0 Å². The van der Waals surface area contributed by atoms with Crippen LogP contribution >= 0.6 is 0 Å². The summed E-state index contributed by atoms with van der Waals surface area (Å²) in [5.74, 6) is 0. The quantitative estimate of drug-likeness (QED) is 0.674. The van der Waals surface area contributed by atoms with Crippen LogP contribution in [0.2, 0.25) is 0 Å². The topological polar surface area (TPSA) is 35.8 Å². The Morgan fingerprint density at radius 2 is 2.00 bits per heavy atom. The van der Waals surface area contributed by atoms with Crippen LogP contribution in [0.3, 0.4) is 0 Å². The normalized spacial score (nSPS) is 14.1. The van der Waals surface area contributed by atoms with Crippen molar-refractivity contribution in [1.29, 1.82) is 5.26 Å². The predicted molar refractivity (Wildman–Crippen MR) is 47.1 cm³/mol. The van der Waals surface area contributed by atoms with Gasteiger partial charge in [-0.2, -0.15) is 5.26 Å². The van der Waals surface area contributed by atoms with E-state index in [4.69, 9.17) is 5.26 Å². The molecule has 0 saturated heterocycles. The van der Waals surface area contributed by atoms with Crippen molar-refractivity contribution in [3.63, 3.8) is 0 Å². The summed E-state index contributed by atoms with van der Waals surface area (Å²) >= 11 is 0. The van der Waals surface area contributed by atoms with E-state index in [0.29, 0.717) is 5.41 Å². The van der Waals surface area contributed by atoms with E-state index in [1.165, 1.54) is 0 Å². The lowest BCUT2D eigenvalue weighted by Crippen LogP contribution is -2.27. The zero-order chi connectivity index (χ0) is 8.91. The molecule has 0 radical (unpaired) electrons. The molecule has 2 heteroatoms. The van der Waals surface area contributed by atoms with Crippen LogP contribution in [0, 0.1) is 16.7 Å². The van der Waals surface area contributed by atoms with Gasteiger partial charge in [-0.25, -0.2) is 0 Å². The number of nitrogens with zero attached hydrogens (tertiary/aromatic N) is 1. The van der Waals surface area contributed by atoms with Crippen molar-refractivity contribution in [3.8, 4) is 6.07 Å². The van der Waals surface area contributed by atoms with Gasteiger partial charge >= 0.3 is 0 Å². The van der Waals surface area contributed by atoms with E-state index in [9.17, 15) is 0 Å². The summed E-state index contributed by atoms with van der Waals surface area (Å²) < 4.78 is 0. The SMILES string of the molecule is CC(C#N)NCCC(C)(C)C. The lowest BCUT2D eigenvalue weighted by atomic mass is 9.92. The minimum Gasteiger partial charge on any atom is -0.302 e. The zero-order valence-corrected chi connectivity index (χ0v) is 7.94. The highest BCUT2D eigenvalue weighted by molar-refractivity contribution is 4.85. The molecule has 1 N–H and O–H groups in total. The first kappa shape index (κ1) is 10.4. The van der Waals surface area contributed by atoms with E-state index < -0.39 is 0 Å². The Kier molecular flexibility index (Phi) is 4.14. The molecule has 0 aromatic rings. The van der Waals surface area contributed by atoms with Gasteiger partial charge in [0.15, 0.2) is 0 Å². The molecular weight excluding hydrogens is 136 g/mol. The van der Waals surface area contributed by atoms with Crippen molar-refractivity contribution in [1.82, 2.24) is 5.32 Å². The number of nitrogens with one attached hydrogen (secondary N) is 1. The highest BCUT2D eigenvalue weighted by Crippen LogP contribution is 2.16. The average Bonchev–Trinajstić information content (AvgIpc) is 1.85. The number of rotatable bonds is 3. The lowest BCUT2D eigenvalue weighted by molar-refractivity contribution is 0.364. The number of nitriles is 1. The zero-order valence-electron chi connectivity index (χ0n) is 7.94. The van der Waals surface area contributed by atoms with Crippen molar-refractivity contribution < 1.29 is 0 Å². The van der Waals surface area contributed by atoms with Gasteiger partial charge in [0.2, 0.25) is 0 Å². The van der Waals surface area contributed by atoms with Crippen molar-refractivity contribution in [2.45, 2.75) is 40.2 Å². The summed E-state index contributed by atoms with van der Waals surface area (Å²) in [5.41, 5.74) is 0.363. The fraction of sp³-hybridized carbons (Fsp3) is 0.889. The van der Waals surface area contributed by atoms with E-state index in [1.807, 2.05) is 6.92 Å². The lowest BCUT2D eigenvalue weighted by Gasteiger charge is -2.18. The highest BCUT2D eigenvalue weighted by Gasteiger charge is 2.09. The molecule has 0 saturated carbocycles. The van der Waals surface area contributed by atoms with Crippen LogP contribution in [-0.2, 0) is 0 Å². The Balaban J connectivity index is 3.37. The Morgan fingerprint density at radius 3 is 2.36 bits per heavy atom. The fourth-order valence-electron chi connectivity index (χ4n) is 0.709. The molecule has 0 aliphatic rings. The van der Waals surface area contributed by atoms with E-state index in [0.717, 1.165) is 13.0 Å². The molecule has 2 nitrogen and oxygen atoms in total. The summed E-state index contributed by atoms with van der Waals surface area (Å²) in [5, 5.41) is 11.6. The van der Waals surface area contributed by atoms with Gasteiger partial charge < -0.3 is 5.32 Å². The van der Waals surface area contributed by atoms with Gasteiger partial charge in [0, 0.05) is 0 Å². The minimum atomic E-state index is -0.0163. The molecule has 0 aromatic carbocycles. The van der Waals surface area contributed by atoms with Crippen LogP contribution in [0.15, 0.2) is 0 Å². The second-order valence-electron chi connectivity index (χ2n) is 4.12. The molecule has 0 amide bonds. The van der Waals surface area contributed by atoms with E-state index in [1.54, 1.807) is 0 Å². The molecule has 0 bridgehead atoms. The molecule has 64 valence electrons. The third-order valence-electron chi connectivity index (χ3n) is 1.52. The minimum absolute atomic E-state index is 0.0163. The first-order chi connectivity index (χ1) is 4.95. The summed E-state index contributed by atoms with van der Waals surface area (Å²) in [7, 11) is 0. The van der Waals surface area contributed by atoms with Crippen LogP contribution in [0.1, 0.15) is 34.1 Å². The molecule has 1 unspecified atom stereocenters. The van der Waals surface area contributed by atoms with Gasteiger partial charge in [0.05, 0.1) is 12.1 Å². The molecule has 0 aromatic heterocycles. The van der Waals surface area contributed by atoms with Crippen molar-refractivity contribution in [2.24, 2.45) is 5.41 Å². The Bertz CT molecular complexity index is 139. The average molecular weight is 154 g/mol. The monoisotopic (exact) mass is 154 g/mol. The Labute approximate surface area is 69.6 Å². The standard InChI is InChI=1S/C9H18N2/c1-8(7-10)11-6-5-9(2,3)4/h8,11H,5-6H2,1-4H3. The molecule has 0 aliphatic carbocycles. The molecule has 11 heavy (non-hydrogen) atoms. The first-order valence-electron chi connectivity index (χ1n) is 4.09. The summed E-state index contributed by atoms with van der Waals surface area (Å²) in [6.45, 7) is 9.41. The van der Waals surface area contributed by atoms with Crippen LogP contribution in [0.5, 0.6) is 0 Å². The predicted octanol–water partition coefficient (Wildman–Crippen LogP) is 1.92. The molecule has 0 spiro atoms. The molecule has 1 atom stereocenters.